The Hall–Kier alpha value is -1.80. The van der Waals surface area contributed by atoms with Gasteiger partial charge in [0, 0.05) is 0 Å². The van der Waals surface area contributed by atoms with Crippen molar-refractivity contribution in [2.75, 3.05) is 0 Å². The van der Waals surface area contributed by atoms with Gasteiger partial charge in [0.15, 0.2) is 0 Å². The Morgan fingerprint density at radius 2 is 1.67 bits per heavy atom. The molecule has 1 N–H and O–H groups in total. The predicted octanol–water partition coefficient (Wildman–Crippen LogP) is 4.15. The van der Waals surface area contributed by atoms with Crippen LogP contribution in [0.3, 0.4) is 0 Å². The molecule has 2 aromatic rings. The second kappa shape index (κ2) is 5.23. The second-order valence-electron chi connectivity index (χ2n) is 4.62. The molecule has 0 aliphatic heterocycles. The molecule has 2 aromatic carbocycles. The molecule has 0 saturated heterocycles. The van der Waals surface area contributed by atoms with E-state index in [1.54, 1.807) is 6.92 Å². The van der Waals surface area contributed by atoms with E-state index in [1.165, 1.54) is 5.56 Å². The molecule has 94 valence electrons. The monoisotopic (exact) mass is 242 g/mol. The van der Waals surface area contributed by atoms with Crippen LogP contribution in [0.2, 0.25) is 0 Å². The summed E-state index contributed by atoms with van der Waals surface area (Å²) in [7, 11) is 0. The zero-order chi connectivity index (χ0) is 13.1. The van der Waals surface area contributed by atoms with Gasteiger partial charge >= 0.3 is 0 Å². The lowest BCUT2D eigenvalue weighted by molar-refractivity contribution is 0.199. The number of hydrogen-bond donors (Lipinski definition) is 1. The molecular formula is C16H18O2. The van der Waals surface area contributed by atoms with Gasteiger partial charge in [-0.25, -0.2) is 0 Å². The molecular weight excluding hydrogens is 224 g/mol. The number of rotatable bonds is 3. The highest BCUT2D eigenvalue weighted by Crippen LogP contribution is 2.26. The van der Waals surface area contributed by atoms with Gasteiger partial charge < -0.3 is 9.84 Å². The van der Waals surface area contributed by atoms with Crippen molar-refractivity contribution in [3.05, 3.63) is 59.2 Å². The van der Waals surface area contributed by atoms with Crippen LogP contribution in [0.1, 0.15) is 29.7 Å². The second-order valence-corrected chi connectivity index (χ2v) is 4.62. The minimum atomic E-state index is -0.444. The van der Waals surface area contributed by atoms with Crippen LogP contribution in [-0.4, -0.2) is 5.11 Å². The fourth-order valence-electron chi connectivity index (χ4n) is 1.86. The molecule has 0 fully saturated rings. The molecule has 0 aromatic heterocycles. The highest BCUT2D eigenvalue weighted by atomic mass is 16.5. The first-order valence-electron chi connectivity index (χ1n) is 6.09. The van der Waals surface area contributed by atoms with Crippen molar-refractivity contribution >= 4 is 0 Å². The molecule has 0 saturated carbocycles. The fourth-order valence-corrected chi connectivity index (χ4v) is 1.86. The van der Waals surface area contributed by atoms with Crippen molar-refractivity contribution in [3.8, 4) is 11.5 Å². The van der Waals surface area contributed by atoms with Crippen LogP contribution in [0, 0.1) is 13.8 Å². The third kappa shape index (κ3) is 2.90. The molecule has 2 heteroatoms. The van der Waals surface area contributed by atoms with Crippen molar-refractivity contribution in [2.45, 2.75) is 26.9 Å². The number of benzene rings is 2. The summed E-state index contributed by atoms with van der Waals surface area (Å²) in [5, 5.41) is 9.44. The van der Waals surface area contributed by atoms with E-state index in [1.807, 2.05) is 43.3 Å². The Labute approximate surface area is 108 Å². The van der Waals surface area contributed by atoms with Crippen LogP contribution in [-0.2, 0) is 0 Å². The minimum Gasteiger partial charge on any atom is -0.457 e. The van der Waals surface area contributed by atoms with Crippen LogP contribution in [0.25, 0.3) is 0 Å². The first-order valence-corrected chi connectivity index (χ1v) is 6.09. The standard InChI is InChI=1S/C16H18O2/c1-11-4-9-16(12(2)10-11)18-15-7-5-14(6-8-15)13(3)17/h4-10,13,17H,1-3H3. The fraction of sp³-hybridized carbons (Fsp3) is 0.250. The van der Waals surface area contributed by atoms with Gasteiger partial charge in [0.05, 0.1) is 6.10 Å². The number of aliphatic hydroxyl groups is 1. The Morgan fingerprint density at radius 3 is 2.22 bits per heavy atom. The quantitative estimate of drug-likeness (QED) is 0.876. The van der Waals surface area contributed by atoms with Crippen LogP contribution < -0.4 is 4.74 Å². The van der Waals surface area contributed by atoms with Gasteiger partial charge in [0.1, 0.15) is 11.5 Å². The first kappa shape index (κ1) is 12.7. The van der Waals surface area contributed by atoms with Crippen molar-refractivity contribution in [1.82, 2.24) is 0 Å². The summed E-state index contributed by atoms with van der Waals surface area (Å²) < 4.78 is 5.82. The number of aliphatic hydroxyl groups excluding tert-OH is 1. The summed E-state index contributed by atoms with van der Waals surface area (Å²) >= 11 is 0. The number of ether oxygens (including phenoxy) is 1. The summed E-state index contributed by atoms with van der Waals surface area (Å²) in [5.74, 6) is 1.65. The van der Waals surface area contributed by atoms with E-state index >= 15 is 0 Å². The maximum atomic E-state index is 9.44. The summed E-state index contributed by atoms with van der Waals surface area (Å²) in [6.45, 7) is 5.85. The van der Waals surface area contributed by atoms with Crippen molar-refractivity contribution in [3.63, 3.8) is 0 Å². The summed E-state index contributed by atoms with van der Waals surface area (Å²) in [5.41, 5.74) is 3.24. The maximum absolute atomic E-state index is 9.44. The summed E-state index contributed by atoms with van der Waals surface area (Å²) in [6, 6.07) is 13.6. The molecule has 2 nitrogen and oxygen atoms in total. The Balaban J connectivity index is 2.18. The lowest BCUT2D eigenvalue weighted by Gasteiger charge is -2.10. The van der Waals surface area contributed by atoms with Crippen molar-refractivity contribution in [2.24, 2.45) is 0 Å². The minimum absolute atomic E-state index is 0.444. The van der Waals surface area contributed by atoms with E-state index in [4.69, 9.17) is 4.74 Å². The van der Waals surface area contributed by atoms with Gasteiger partial charge in [0.2, 0.25) is 0 Å². The van der Waals surface area contributed by atoms with Crippen molar-refractivity contribution in [1.29, 1.82) is 0 Å². The molecule has 0 aliphatic rings. The smallest absolute Gasteiger partial charge is 0.130 e. The van der Waals surface area contributed by atoms with Gasteiger partial charge in [0.25, 0.3) is 0 Å². The lowest BCUT2D eigenvalue weighted by Crippen LogP contribution is -1.92. The zero-order valence-electron chi connectivity index (χ0n) is 11.0. The Kier molecular flexibility index (Phi) is 3.68. The number of aryl methyl sites for hydroxylation is 2. The van der Waals surface area contributed by atoms with Crippen LogP contribution in [0.5, 0.6) is 11.5 Å². The Morgan fingerprint density at radius 1 is 1.00 bits per heavy atom. The number of hydrogen-bond acceptors (Lipinski definition) is 2. The highest BCUT2D eigenvalue weighted by Gasteiger charge is 2.03. The molecule has 1 unspecified atom stereocenters. The summed E-state index contributed by atoms with van der Waals surface area (Å²) in [4.78, 5) is 0. The average molecular weight is 242 g/mol. The van der Waals surface area contributed by atoms with Gasteiger partial charge in [-0.3, -0.25) is 0 Å². The van der Waals surface area contributed by atoms with Crippen LogP contribution >= 0.6 is 0 Å². The third-order valence-corrected chi connectivity index (χ3v) is 2.92. The molecule has 0 aliphatic carbocycles. The SMILES string of the molecule is Cc1ccc(Oc2ccc(C(C)O)cc2)c(C)c1. The van der Waals surface area contributed by atoms with E-state index in [-0.39, 0.29) is 0 Å². The van der Waals surface area contributed by atoms with Crippen molar-refractivity contribution < 1.29 is 9.84 Å². The maximum Gasteiger partial charge on any atom is 0.130 e. The van der Waals surface area contributed by atoms with Crippen LogP contribution in [0.15, 0.2) is 42.5 Å². The zero-order valence-corrected chi connectivity index (χ0v) is 11.0. The molecule has 0 bridgehead atoms. The van der Waals surface area contributed by atoms with Gasteiger partial charge in [-0.1, -0.05) is 29.8 Å². The topological polar surface area (TPSA) is 29.5 Å². The lowest BCUT2D eigenvalue weighted by atomic mass is 10.1. The predicted molar refractivity (Wildman–Crippen MR) is 73.1 cm³/mol. The van der Waals surface area contributed by atoms with E-state index in [2.05, 4.69) is 13.0 Å². The van der Waals surface area contributed by atoms with E-state index < -0.39 is 6.10 Å². The van der Waals surface area contributed by atoms with Crippen LogP contribution in [0.4, 0.5) is 0 Å². The largest absolute Gasteiger partial charge is 0.457 e. The normalized spacial score (nSPS) is 12.2. The molecule has 18 heavy (non-hydrogen) atoms. The van der Waals surface area contributed by atoms with Gasteiger partial charge in [-0.2, -0.15) is 0 Å². The molecule has 2 rings (SSSR count). The van der Waals surface area contributed by atoms with Gasteiger partial charge in [-0.15, -0.1) is 0 Å². The van der Waals surface area contributed by atoms with E-state index in [9.17, 15) is 5.11 Å². The average Bonchev–Trinajstić information content (AvgIpc) is 2.33. The molecule has 0 spiro atoms. The third-order valence-electron chi connectivity index (χ3n) is 2.92. The highest BCUT2D eigenvalue weighted by molar-refractivity contribution is 5.40. The first-order chi connectivity index (χ1) is 8.56. The van der Waals surface area contributed by atoms with E-state index in [0.717, 1.165) is 22.6 Å². The molecule has 0 amide bonds. The molecule has 1 atom stereocenters. The van der Waals surface area contributed by atoms with Gasteiger partial charge in [-0.05, 0) is 50.1 Å². The molecule has 0 radical (unpaired) electrons. The Bertz CT molecular complexity index is 527. The summed E-state index contributed by atoms with van der Waals surface area (Å²) in [6.07, 6.45) is -0.444. The molecule has 0 heterocycles. The van der Waals surface area contributed by atoms with E-state index in [0.29, 0.717) is 0 Å².